The molecule has 2 aromatic rings. The summed E-state index contributed by atoms with van der Waals surface area (Å²) in [6.45, 7) is 1.30. The number of aromatic nitrogens is 3. The van der Waals surface area contributed by atoms with Crippen LogP contribution in [-0.2, 0) is 4.74 Å². The van der Waals surface area contributed by atoms with Crippen LogP contribution in [0.5, 0.6) is 0 Å². The lowest BCUT2D eigenvalue weighted by Gasteiger charge is -2.43. The third kappa shape index (κ3) is 2.74. The number of hydrogen-bond acceptors (Lipinski definition) is 4. The zero-order valence-electron chi connectivity index (χ0n) is 13.0. The molecule has 2 aliphatic rings. The number of pyridine rings is 1. The fourth-order valence-electron chi connectivity index (χ4n) is 3.60. The van der Waals surface area contributed by atoms with Crippen LogP contribution in [-0.4, -0.2) is 50.6 Å². The maximum atomic E-state index is 13.0. The van der Waals surface area contributed by atoms with Gasteiger partial charge in [0.15, 0.2) is 0 Å². The van der Waals surface area contributed by atoms with E-state index < -0.39 is 0 Å². The molecule has 2 aromatic heterocycles. The molecule has 1 aliphatic carbocycles. The van der Waals surface area contributed by atoms with Crippen molar-refractivity contribution in [1.82, 2.24) is 19.4 Å². The molecule has 1 saturated carbocycles. The molecular formula is C17H20N4O2. The number of amides is 1. The predicted octanol–water partition coefficient (Wildman–Crippen LogP) is 2.05. The van der Waals surface area contributed by atoms with Gasteiger partial charge in [0.2, 0.25) is 0 Å². The van der Waals surface area contributed by atoms with Crippen LogP contribution in [0.15, 0.2) is 37.1 Å². The van der Waals surface area contributed by atoms with Crippen LogP contribution in [0.1, 0.15) is 36.0 Å². The van der Waals surface area contributed by atoms with Gasteiger partial charge in [-0.25, -0.2) is 9.97 Å². The van der Waals surface area contributed by atoms with Gasteiger partial charge in [-0.1, -0.05) is 12.8 Å². The number of morpholine rings is 1. The van der Waals surface area contributed by atoms with E-state index in [0.717, 1.165) is 12.8 Å². The molecule has 3 heterocycles. The van der Waals surface area contributed by atoms with Gasteiger partial charge in [-0.2, -0.15) is 0 Å². The van der Waals surface area contributed by atoms with Crippen molar-refractivity contribution in [2.75, 3.05) is 13.2 Å². The van der Waals surface area contributed by atoms with Gasteiger partial charge >= 0.3 is 0 Å². The van der Waals surface area contributed by atoms with E-state index >= 15 is 0 Å². The van der Waals surface area contributed by atoms with E-state index in [-0.39, 0.29) is 18.1 Å². The topological polar surface area (TPSA) is 60.2 Å². The molecule has 0 radical (unpaired) electrons. The van der Waals surface area contributed by atoms with Crippen LogP contribution in [0.25, 0.3) is 5.82 Å². The molecule has 0 aromatic carbocycles. The average Bonchev–Trinajstić information content (AvgIpc) is 3.15. The van der Waals surface area contributed by atoms with E-state index in [1.165, 1.54) is 12.8 Å². The van der Waals surface area contributed by atoms with Crippen LogP contribution in [0.3, 0.4) is 0 Å². The van der Waals surface area contributed by atoms with Crippen LogP contribution in [0, 0.1) is 0 Å². The van der Waals surface area contributed by atoms with Gasteiger partial charge in [-0.3, -0.25) is 9.36 Å². The predicted molar refractivity (Wildman–Crippen MR) is 84.4 cm³/mol. The zero-order valence-corrected chi connectivity index (χ0v) is 13.0. The van der Waals surface area contributed by atoms with Crippen molar-refractivity contribution in [3.8, 4) is 5.82 Å². The first kappa shape index (κ1) is 14.4. The Morgan fingerprint density at radius 3 is 3.04 bits per heavy atom. The molecule has 1 amide bonds. The van der Waals surface area contributed by atoms with Gasteiger partial charge in [-0.05, 0) is 25.0 Å². The minimum absolute atomic E-state index is 0.0777. The average molecular weight is 312 g/mol. The quantitative estimate of drug-likeness (QED) is 0.851. The summed E-state index contributed by atoms with van der Waals surface area (Å²) in [7, 11) is 0. The third-order valence-electron chi connectivity index (χ3n) is 4.75. The Kier molecular flexibility index (Phi) is 3.83. The lowest BCUT2D eigenvalue weighted by Crippen LogP contribution is -2.54. The molecule has 120 valence electrons. The normalized spacial score (nSPS) is 24.3. The molecule has 4 rings (SSSR count). The highest BCUT2D eigenvalue weighted by Crippen LogP contribution is 2.29. The Balaban J connectivity index is 1.60. The van der Waals surface area contributed by atoms with Gasteiger partial charge in [0.05, 0.1) is 18.8 Å². The molecule has 23 heavy (non-hydrogen) atoms. The molecule has 6 nitrogen and oxygen atoms in total. The highest BCUT2D eigenvalue weighted by atomic mass is 16.5. The van der Waals surface area contributed by atoms with Gasteiger partial charge < -0.3 is 9.64 Å². The van der Waals surface area contributed by atoms with Crippen LogP contribution >= 0.6 is 0 Å². The first-order chi connectivity index (χ1) is 11.3. The van der Waals surface area contributed by atoms with Crippen molar-refractivity contribution in [1.29, 1.82) is 0 Å². The largest absolute Gasteiger partial charge is 0.374 e. The van der Waals surface area contributed by atoms with Gasteiger partial charge in [0.25, 0.3) is 5.91 Å². The number of fused-ring (bicyclic) bond motifs is 1. The van der Waals surface area contributed by atoms with Gasteiger partial charge in [-0.15, -0.1) is 0 Å². The van der Waals surface area contributed by atoms with Crippen molar-refractivity contribution < 1.29 is 9.53 Å². The lowest BCUT2D eigenvalue weighted by molar-refractivity contribution is -0.0752. The van der Waals surface area contributed by atoms with E-state index in [4.69, 9.17) is 4.74 Å². The molecule has 0 spiro atoms. The summed E-state index contributed by atoms with van der Waals surface area (Å²) in [4.78, 5) is 23.3. The molecule has 6 heteroatoms. The smallest absolute Gasteiger partial charge is 0.254 e. The number of hydrogen-bond donors (Lipinski definition) is 0. The second-order valence-corrected chi connectivity index (χ2v) is 6.13. The summed E-state index contributed by atoms with van der Waals surface area (Å²) in [5, 5.41) is 0. The fourth-order valence-corrected chi connectivity index (χ4v) is 3.60. The summed E-state index contributed by atoms with van der Waals surface area (Å²) in [5.74, 6) is 0.788. The highest BCUT2D eigenvalue weighted by Gasteiger charge is 2.37. The number of rotatable bonds is 2. The summed E-state index contributed by atoms with van der Waals surface area (Å²) in [6, 6.07) is 3.84. The van der Waals surface area contributed by atoms with Crippen LogP contribution < -0.4 is 0 Å². The van der Waals surface area contributed by atoms with E-state index in [9.17, 15) is 4.79 Å². The molecule has 0 N–H and O–H groups in total. The first-order valence-electron chi connectivity index (χ1n) is 8.20. The number of imidazole rings is 1. The van der Waals surface area contributed by atoms with Crippen molar-refractivity contribution in [3.05, 3.63) is 42.6 Å². The summed E-state index contributed by atoms with van der Waals surface area (Å²) >= 11 is 0. The number of carbonyl (C=O) groups is 1. The Labute approximate surface area is 135 Å². The van der Waals surface area contributed by atoms with Crippen LogP contribution in [0.4, 0.5) is 0 Å². The van der Waals surface area contributed by atoms with E-state index in [1.807, 2.05) is 17.2 Å². The summed E-state index contributed by atoms with van der Waals surface area (Å²) in [5.41, 5.74) is 0.676. The Morgan fingerprint density at radius 1 is 1.26 bits per heavy atom. The highest BCUT2D eigenvalue weighted by molar-refractivity contribution is 5.94. The van der Waals surface area contributed by atoms with Crippen molar-refractivity contribution in [2.45, 2.75) is 37.8 Å². The second kappa shape index (κ2) is 6.12. The fraction of sp³-hybridized carbons (Fsp3) is 0.471. The maximum Gasteiger partial charge on any atom is 0.254 e. The number of ether oxygens (including phenoxy) is 1. The molecule has 2 fully saturated rings. The van der Waals surface area contributed by atoms with Crippen molar-refractivity contribution in [2.24, 2.45) is 0 Å². The minimum Gasteiger partial charge on any atom is -0.374 e. The first-order valence-corrected chi connectivity index (χ1v) is 8.20. The summed E-state index contributed by atoms with van der Waals surface area (Å²) < 4.78 is 7.67. The molecule has 1 aliphatic heterocycles. The molecule has 0 bridgehead atoms. The lowest BCUT2D eigenvalue weighted by atomic mass is 9.90. The van der Waals surface area contributed by atoms with E-state index in [0.29, 0.717) is 24.5 Å². The summed E-state index contributed by atoms with van der Waals surface area (Å²) in [6.07, 6.45) is 11.6. The Morgan fingerprint density at radius 2 is 2.17 bits per heavy atom. The van der Waals surface area contributed by atoms with Crippen molar-refractivity contribution in [3.63, 3.8) is 0 Å². The second-order valence-electron chi connectivity index (χ2n) is 6.13. The zero-order chi connectivity index (χ0) is 15.6. The molecule has 1 saturated heterocycles. The third-order valence-corrected chi connectivity index (χ3v) is 4.75. The Bertz CT molecular complexity index is 684. The van der Waals surface area contributed by atoms with Gasteiger partial charge in [0.1, 0.15) is 12.1 Å². The monoisotopic (exact) mass is 312 g/mol. The van der Waals surface area contributed by atoms with Gasteiger partial charge in [0, 0.05) is 30.7 Å². The molecule has 2 atom stereocenters. The molecule has 2 unspecified atom stereocenters. The standard InChI is InChI=1S/C17H20N4O2/c22-17(21-9-10-23-15-4-2-1-3-14(15)21)13-5-6-19-16(11-13)20-8-7-18-12-20/h5-8,11-12,14-15H,1-4,9-10H2. The SMILES string of the molecule is O=C(c1ccnc(-n2ccnc2)c1)N1CCOC2CCCCC21. The minimum atomic E-state index is 0.0777. The number of nitrogens with zero attached hydrogens (tertiary/aromatic N) is 4. The Hall–Kier alpha value is -2.21. The number of carbonyl (C=O) groups excluding carboxylic acids is 1. The van der Waals surface area contributed by atoms with E-state index in [1.54, 1.807) is 29.4 Å². The van der Waals surface area contributed by atoms with Crippen LogP contribution in [0.2, 0.25) is 0 Å². The van der Waals surface area contributed by atoms with Crippen molar-refractivity contribution >= 4 is 5.91 Å². The van der Waals surface area contributed by atoms with E-state index in [2.05, 4.69) is 9.97 Å². The molecular weight excluding hydrogens is 292 g/mol. The maximum absolute atomic E-state index is 13.0.